The lowest BCUT2D eigenvalue weighted by Crippen LogP contribution is -2.06. The zero-order valence-electron chi connectivity index (χ0n) is 12.2. The van der Waals surface area contributed by atoms with Gasteiger partial charge in [0.25, 0.3) is 0 Å². The quantitative estimate of drug-likeness (QED) is 0.829. The van der Waals surface area contributed by atoms with Gasteiger partial charge < -0.3 is 19.1 Å². The maximum atomic E-state index is 9.22. The average Bonchev–Trinajstić information content (AvgIpc) is 2.93. The second-order valence-corrected chi connectivity index (χ2v) is 5.49. The van der Waals surface area contributed by atoms with Gasteiger partial charge in [-0.05, 0) is 40.0 Å². The summed E-state index contributed by atoms with van der Waals surface area (Å²) >= 11 is 3.45. The summed E-state index contributed by atoms with van der Waals surface area (Å²) in [4.78, 5) is 4.15. The number of aliphatic hydroxyl groups excluding tert-OH is 1. The van der Waals surface area contributed by atoms with Crippen molar-refractivity contribution in [2.24, 2.45) is 0 Å². The van der Waals surface area contributed by atoms with Crippen LogP contribution in [0.15, 0.2) is 29.1 Å². The molecule has 21 heavy (non-hydrogen) atoms. The van der Waals surface area contributed by atoms with Crippen molar-refractivity contribution >= 4 is 15.9 Å². The van der Waals surface area contributed by atoms with E-state index >= 15 is 0 Å². The molecule has 2 rings (SSSR count). The molecule has 1 heterocycles. The molecule has 0 aliphatic rings. The molecule has 0 bridgehead atoms. The molecule has 1 aromatic heterocycles. The van der Waals surface area contributed by atoms with Crippen molar-refractivity contribution in [1.29, 1.82) is 0 Å². The van der Waals surface area contributed by atoms with E-state index in [4.69, 9.17) is 9.47 Å². The van der Waals surface area contributed by atoms with E-state index in [1.54, 1.807) is 19.4 Å². The first-order chi connectivity index (χ1) is 10.2. The number of rotatable bonds is 7. The number of halogens is 1. The molecule has 1 N–H and O–H groups in total. The smallest absolute Gasteiger partial charge is 0.175 e. The summed E-state index contributed by atoms with van der Waals surface area (Å²) in [6.07, 6.45) is 4.66. The van der Waals surface area contributed by atoms with Crippen LogP contribution in [0.2, 0.25) is 0 Å². The molecule has 0 saturated heterocycles. The van der Waals surface area contributed by atoms with Crippen LogP contribution in [0.4, 0.5) is 0 Å². The zero-order valence-corrected chi connectivity index (χ0v) is 13.8. The topological polar surface area (TPSA) is 56.5 Å². The van der Waals surface area contributed by atoms with Gasteiger partial charge in [-0.1, -0.05) is 6.92 Å². The second kappa shape index (κ2) is 7.47. The highest BCUT2D eigenvalue weighted by molar-refractivity contribution is 9.10. The van der Waals surface area contributed by atoms with Gasteiger partial charge >= 0.3 is 0 Å². The normalized spacial score (nSPS) is 10.7. The van der Waals surface area contributed by atoms with Crippen molar-refractivity contribution in [2.45, 2.75) is 33.1 Å². The van der Waals surface area contributed by atoms with Crippen LogP contribution >= 0.6 is 15.9 Å². The van der Waals surface area contributed by atoms with Gasteiger partial charge in [0.15, 0.2) is 11.5 Å². The summed E-state index contributed by atoms with van der Waals surface area (Å²) < 4.78 is 14.0. The summed E-state index contributed by atoms with van der Waals surface area (Å²) in [7, 11) is 1.58. The van der Waals surface area contributed by atoms with Crippen LogP contribution in [0.25, 0.3) is 0 Å². The highest BCUT2D eigenvalue weighted by atomic mass is 79.9. The van der Waals surface area contributed by atoms with Gasteiger partial charge in [-0.2, -0.15) is 0 Å². The standard InChI is InChI=1S/C15H19BrN2O3/c1-3-4-18-10-17-7-12(18)9-21-15-13(16)5-11(8-19)6-14(15)20-2/h5-7,10,19H,3-4,8-9H2,1-2H3. The molecular weight excluding hydrogens is 336 g/mol. The van der Waals surface area contributed by atoms with Crippen LogP contribution in [-0.4, -0.2) is 21.8 Å². The van der Waals surface area contributed by atoms with Gasteiger partial charge in [0.1, 0.15) is 6.61 Å². The average molecular weight is 355 g/mol. The van der Waals surface area contributed by atoms with Crippen molar-refractivity contribution in [3.63, 3.8) is 0 Å². The van der Waals surface area contributed by atoms with E-state index in [9.17, 15) is 5.11 Å². The van der Waals surface area contributed by atoms with E-state index in [1.807, 2.05) is 12.4 Å². The number of methoxy groups -OCH3 is 1. The molecule has 5 nitrogen and oxygen atoms in total. The Morgan fingerprint density at radius 2 is 2.19 bits per heavy atom. The number of ether oxygens (including phenoxy) is 2. The van der Waals surface area contributed by atoms with E-state index < -0.39 is 0 Å². The summed E-state index contributed by atoms with van der Waals surface area (Å²) in [5.74, 6) is 1.22. The molecule has 1 aromatic carbocycles. The van der Waals surface area contributed by atoms with E-state index in [0.717, 1.165) is 28.7 Å². The number of hydrogen-bond acceptors (Lipinski definition) is 4. The second-order valence-electron chi connectivity index (χ2n) is 4.63. The largest absolute Gasteiger partial charge is 0.493 e. The Hall–Kier alpha value is -1.53. The molecule has 0 radical (unpaired) electrons. The number of hydrogen-bond donors (Lipinski definition) is 1. The van der Waals surface area contributed by atoms with Crippen LogP contribution < -0.4 is 9.47 Å². The van der Waals surface area contributed by atoms with Crippen LogP contribution in [0.5, 0.6) is 11.5 Å². The van der Waals surface area contributed by atoms with Gasteiger partial charge in [-0.3, -0.25) is 0 Å². The van der Waals surface area contributed by atoms with Crippen molar-refractivity contribution in [3.8, 4) is 11.5 Å². The third-order valence-corrected chi connectivity index (χ3v) is 3.69. The Morgan fingerprint density at radius 3 is 2.86 bits per heavy atom. The first-order valence-electron chi connectivity index (χ1n) is 6.78. The Bertz CT molecular complexity index is 599. The monoisotopic (exact) mass is 354 g/mol. The lowest BCUT2D eigenvalue weighted by Gasteiger charge is -2.14. The van der Waals surface area contributed by atoms with Crippen LogP contribution in [0.1, 0.15) is 24.6 Å². The number of aromatic nitrogens is 2. The number of imidazole rings is 1. The minimum Gasteiger partial charge on any atom is -0.493 e. The van der Waals surface area contributed by atoms with E-state index in [1.165, 1.54) is 0 Å². The molecule has 0 aliphatic carbocycles. The zero-order chi connectivity index (χ0) is 15.2. The fraction of sp³-hybridized carbons (Fsp3) is 0.400. The fourth-order valence-corrected chi connectivity index (χ4v) is 2.67. The molecule has 0 fully saturated rings. The molecule has 2 aromatic rings. The number of nitrogens with zero attached hydrogens (tertiary/aromatic N) is 2. The number of aliphatic hydroxyl groups is 1. The summed E-state index contributed by atoms with van der Waals surface area (Å²) in [6, 6.07) is 3.59. The molecule has 0 atom stereocenters. The third-order valence-electron chi connectivity index (χ3n) is 3.10. The lowest BCUT2D eigenvalue weighted by atomic mass is 10.2. The van der Waals surface area contributed by atoms with Crippen LogP contribution in [0, 0.1) is 0 Å². The minimum atomic E-state index is -0.0431. The Balaban J connectivity index is 2.17. The van der Waals surface area contributed by atoms with Crippen LogP contribution in [-0.2, 0) is 19.8 Å². The Labute approximate surface area is 132 Å². The Morgan fingerprint density at radius 1 is 1.38 bits per heavy atom. The van der Waals surface area contributed by atoms with Gasteiger partial charge in [0.05, 0.1) is 36.4 Å². The van der Waals surface area contributed by atoms with E-state index in [2.05, 4.69) is 32.4 Å². The highest BCUT2D eigenvalue weighted by Crippen LogP contribution is 2.37. The van der Waals surface area contributed by atoms with Crippen molar-refractivity contribution in [1.82, 2.24) is 9.55 Å². The van der Waals surface area contributed by atoms with Gasteiger partial charge in [0.2, 0.25) is 0 Å². The molecule has 0 saturated carbocycles. The van der Waals surface area contributed by atoms with Gasteiger partial charge in [0, 0.05) is 6.54 Å². The predicted octanol–water partition coefficient (Wildman–Crippen LogP) is 3.14. The highest BCUT2D eigenvalue weighted by Gasteiger charge is 2.12. The first kappa shape index (κ1) is 15.9. The molecule has 114 valence electrons. The van der Waals surface area contributed by atoms with Crippen molar-refractivity contribution in [3.05, 3.63) is 40.4 Å². The van der Waals surface area contributed by atoms with Crippen molar-refractivity contribution in [2.75, 3.05) is 7.11 Å². The molecule has 0 aliphatic heterocycles. The van der Waals surface area contributed by atoms with Crippen LogP contribution in [0.3, 0.4) is 0 Å². The minimum absolute atomic E-state index is 0.0431. The summed E-state index contributed by atoms with van der Waals surface area (Å²) in [5, 5.41) is 9.22. The van der Waals surface area contributed by atoms with E-state index in [0.29, 0.717) is 18.1 Å². The van der Waals surface area contributed by atoms with Gasteiger partial charge in [-0.25, -0.2) is 4.98 Å². The van der Waals surface area contributed by atoms with Gasteiger partial charge in [-0.15, -0.1) is 0 Å². The Kier molecular flexibility index (Phi) is 5.64. The molecular formula is C15H19BrN2O3. The van der Waals surface area contributed by atoms with Crippen molar-refractivity contribution < 1.29 is 14.6 Å². The maximum absolute atomic E-state index is 9.22. The third kappa shape index (κ3) is 3.77. The summed E-state index contributed by atoms with van der Waals surface area (Å²) in [6.45, 7) is 3.41. The molecule has 0 amide bonds. The molecule has 6 heteroatoms. The molecule has 0 spiro atoms. The molecule has 0 unspecified atom stereocenters. The fourth-order valence-electron chi connectivity index (χ4n) is 2.06. The SMILES string of the molecule is CCCn1cncc1COc1c(Br)cc(CO)cc1OC. The maximum Gasteiger partial charge on any atom is 0.175 e. The number of aryl methyl sites for hydroxylation is 1. The summed E-state index contributed by atoms with van der Waals surface area (Å²) in [5.41, 5.74) is 1.78. The number of benzene rings is 1. The predicted molar refractivity (Wildman–Crippen MR) is 83.5 cm³/mol. The lowest BCUT2D eigenvalue weighted by molar-refractivity contribution is 0.268. The first-order valence-corrected chi connectivity index (χ1v) is 7.58. The van der Waals surface area contributed by atoms with E-state index in [-0.39, 0.29) is 6.61 Å².